The Labute approximate surface area is 349 Å². The first-order valence-corrected chi connectivity index (χ1v) is 19.5. The second kappa shape index (κ2) is 19.6. The molecule has 0 radical (unpaired) electrons. The first kappa shape index (κ1) is 45.7. The van der Waals surface area contributed by atoms with Gasteiger partial charge in [0.1, 0.15) is 24.1 Å². The van der Waals surface area contributed by atoms with E-state index in [2.05, 4.69) is 9.97 Å². The Morgan fingerprint density at radius 1 is 0.638 bits per heavy atom. The van der Waals surface area contributed by atoms with Crippen molar-refractivity contribution in [3.63, 3.8) is 0 Å². The number of carbonyl (C=O) groups is 4. The first-order chi connectivity index (χ1) is 27.3. The van der Waals surface area contributed by atoms with Crippen molar-refractivity contribution in [2.75, 3.05) is 13.2 Å². The zero-order chi connectivity index (χ0) is 42.7. The number of aryl methyl sites for hydroxylation is 2. The Balaban J connectivity index is 0.000000217. The molecule has 14 nitrogen and oxygen atoms in total. The molecule has 0 spiro atoms. The van der Waals surface area contributed by atoms with E-state index >= 15 is 0 Å². The number of nitrogens with zero attached hydrogens (tertiary/aromatic N) is 6. The number of aliphatic carboxylic acids is 2. The monoisotopic (exact) mass is 836 g/mol. The van der Waals surface area contributed by atoms with Gasteiger partial charge in [-0.1, -0.05) is 47.5 Å². The third-order valence-corrected chi connectivity index (χ3v) is 10.4. The summed E-state index contributed by atoms with van der Waals surface area (Å²) < 4.78 is 15.2. The molecule has 6 rings (SSSR count). The number of hydrogen-bond donors (Lipinski definition) is 0. The Bertz CT molecular complexity index is 1860. The molecule has 2 atom stereocenters. The van der Waals surface area contributed by atoms with Crippen LogP contribution in [-0.4, -0.2) is 88.6 Å². The number of imidazole rings is 2. The summed E-state index contributed by atoms with van der Waals surface area (Å²) in [6.07, 6.45) is 15.6. The second-order valence-corrected chi connectivity index (χ2v) is 16.5. The molecule has 2 amide bonds. The van der Waals surface area contributed by atoms with Crippen LogP contribution in [0.1, 0.15) is 78.4 Å². The molecule has 2 aliphatic rings. The number of aromatic nitrogens is 4. The van der Waals surface area contributed by atoms with Gasteiger partial charge in [-0.2, -0.15) is 0 Å². The summed E-state index contributed by atoms with van der Waals surface area (Å²) in [5.74, 6) is -3.09. The molecule has 2 aromatic heterocycles. The lowest BCUT2D eigenvalue weighted by molar-refractivity contribution is -0.301. The van der Waals surface area contributed by atoms with Gasteiger partial charge in [0.2, 0.25) is 0 Å². The lowest BCUT2D eigenvalue weighted by atomic mass is 9.99. The predicted octanol–water partition coefficient (Wildman–Crippen LogP) is 5.75. The molecule has 2 aromatic carbocycles. The van der Waals surface area contributed by atoms with Crippen LogP contribution in [-0.2, 0) is 31.9 Å². The number of hydrogen-bond acceptors (Lipinski definition) is 10. The highest BCUT2D eigenvalue weighted by Crippen LogP contribution is 2.40. The van der Waals surface area contributed by atoms with Gasteiger partial charge in [-0.05, 0) is 128 Å². The quantitative estimate of drug-likeness (QED) is 0.179. The normalized spacial score (nSPS) is 20.6. The van der Waals surface area contributed by atoms with Gasteiger partial charge < -0.3 is 29.3 Å². The van der Waals surface area contributed by atoms with Gasteiger partial charge in [-0.25, -0.2) is 19.6 Å². The number of halogens is 2. The van der Waals surface area contributed by atoms with E-state index in [-0.39, 0.29) is 23.1 Å². The number of carboxylic acid groups (broad SMARTS) is 2. The Morgan fingerprint density at radius 3 is 1.28 bits per heavy atom. The van der Waals surface area contributed by atoms with Crippen LogP contribution in [0.25, 0.3) is 0 Å². The summed E-state index contributed by atoms with van der Waals surface area (Å²) in [6, 6.07) is 15.6. The molecule has 0 N–H and O–H groups in total. The van der Waals surface area contributed by atoms with E-state index in [1.807, 2.05) is 99.9 Å². The van der Waals surface area contributed by atoms with E-state index < -0.39 is 23.4 Å². The maximum absolute atomic E-state index is 13.0. The Morgan fingerprint density at radius 2 is 0.983 bits per heavy atom. The zero-order valence-electron chi connectivity index (χ0n) is 33.6. The summed E-state index contributed by atoms with van der Waals surface area (Å²) in [7, 11) is 0. The van der Waals surface area contributed by atoms with Crippen LogP contribution in [0, 0.1) is 0 Å². The average molecular weight is 838 g/mol. The molecule has 4 heterocycles. The van der Waals surface area contributed by atoms with Crippen molar-refractivity contribution in [3.8, 4) is 0 Å². The van der Waals surface area contributed by atoms with Gasteiger partial charge in [0.05, 0.1) is 36.2 Å². The number of carboxylic acids is 2. The molecule has 0 saturated carbocycles. The van der Waals surface area contributed by atoms with E-state index in [1.54, 1.807) is 24.8 Å². The summed E-state index contributed by atoms with van der Waals surface area (Å²) in [4.78, 5) is 56.4. The molecular formula is C42H50Cl2N6O8-2. The van der Waals surface area contributed by atoms with Crippen LogP contribution in [0.15, 0.2) is 98.1 Å². The van der Waals surface area contributed by atoms with E-state index in [0.29, 0.717) is 25.4 Å². The van der Waals surface area contributed by atoms with Crippen molar-refractivity contribution in [2.45, 2.75) is 103 Å². The fourth-order valence-electron chi connectivity index (χ4n) is 7.15. The van der Waals surface area contributed by atoms with Gasteiger partial charge >= 0.3 is 12.1 Å². The van der Waals surface area contributed by atoms with Crippen molar-refractivity contribution < 1.29 is 38.9 Å². The highest BCUT2D eigenvalue weighted by atomic mass is 35.5. The van der Waals surface area contributed by atoms with Gasteiger partial charge in [-0.15, -0.1) is 0 Å². The number of rotatable bonds is 10. The van der Waals surface area contributed by atoms with Crippen molar-refractivity contribution in [2.24, 2.45) is 0 Å². The summed E-state index contributed by atoms with van der Waals surface area (Å²) in [5.41, 5.74) is 0.483. The van der Waals surface area contributed by atoms with E-state index in [0.717, 1.165) is 48.6 Å². The van der Waals surface area contributed by atoms with Crippen LogP contribution in [0.5, 0.6) is 0 Å². The lowest BCUT2D eigenvalue weighted by Gasteiger charge is -2.40. The van der Waals surface area contributed by atoms with Crippen molar-refractivity contribution in [3.05, 3.63) is 119 Å². The van der Waals surface area contributed by atoms with Crippen LogP contribution >= 0.6 is 23.2 Å². The van der Waals surface area contributed by atoms with Gasteiger partial charge in [0, 0.05) is 34.8 Å². The van der Waals surface area contributed by atoms with Gasteiger partial charge in [0.25, 0.3) is 0 Å². The molecule has 16 heteroatoms. The van der Waals surface area contributed by atoms with Crippen molar-refractivity contribution >= 4 is 47.2 Å². The molecule has 0 bridgehead atoms. The number of benzene rings is 2. The number of ether oxygens (including phenoxy) is 2. The SMILES string of the molecule is CC1(C)COC(C)(CCCc2ccc(Cl)cc2)N1C(=O)n1ccnc1.CC1(C)COC(C)(CCCc2ccc(Cl)cc2)N1C(=O)n1ccnc1.O=C([O-])/C=C/C(=O)[O-]. The third kappa shape index (κ3) is 12.2. The molecule has 0 aliphatic carbocycles. The maximum atomic E-state index is 13.0. The largest absolute Gasteiger partial charge is 0.545 e. The third-order valence-electron chi connectivity index (χ3n) is 9.86. The molecule has 2 saturated heterocycles. The molecule has 2 aliphatic heterocycles. The van der Waals surface area contributed by atoms with Crippen LogP contribution in [0.2, 0.25) is 10.0 Å². The fraction of sp³-hybridized carbons (Fsp3) is 0.429. The van der Waals surface area contributed by atoms with Crippen LogP contribution in [0.3, 0.4) is 0 Å². The molecule has 58 heavy (non-hydrogen) atoms. The highest BCUT2D eigenvalue weighted by molar-refractivity contribution is 6.30. The minimum absolute atomic E-state index is 0.103. The van der Waals surface area contributed by atoms with E-state index in [4.69, 9.17) is 32.7 Å². The van der Waals surface area contributed by atoms with Crippen molar-refractivity contribution in [1.82, 2.24) is 28.9 Å². The van der Waals surface area contributed by atoms with Gasteiger partial charge in [0.15, 0.2) is 0 Å². The predicted molar refractivity (Wildman–Crippen MR) is 215 cm³/mol. The number of amides is 2. The first-order valence-electron chi connectivity index (χ1n) is 18.8. The fourth-order valence-corrected chi connectivity index (χ4v) is 7.40. The number of carbonyl (C=O) groups excluding carboxylic acids is 4. The van der Waals surface area contributed by atoms with E-state index in [1.165, 1.54) is 32.9 Å². The summed E-state index contributed by atoms with van der Waals surface area (Å²) >= 11 is 11.9. The molecule has 312 valence electrons. The second-order valence-electron chi connectivity index (χ2n) is 15.7. The summed E-state index contributed by atoms with van der Waals surface area (Å²) in [5, 5.41) is 20.3. The lowest BCUT2D eigenvalue weighted by Crippen LogP contribution is -2.55. The Hall–Kier alpha value is -5.02. The molecule has 4 aromatic rings. The smallest absolute Gasteiger partial charge is 0.332 e. The van der Waals surface area contributed by atoms with E-state index in [9.17, 15) is 29.4 Å². The Kier molecular flexibility index (Phi) is 15.5. The zero-order valence-corrected chi connectivity index (χ0v) is 35.1. The highest BCUT2D eigenvalue weighted by Gasteiger charge is 2.52. The molecule has 2 unspecified atom stereocenters. The van der Waals surface area contributed by atoms with Crippen molar-refractivity contribution in [1.29, 1.82) is 0 Å². The average Bonchev–Trinajstić information content (AvgIpc) is 3.97. The minimum atomic E-state index is -1.55. The standard InChI is InChI=1S/2C19H24ClN3O2.C4H4O4/c2*1-18(2)13-25-19(3,23(18)17(24)22-12-11-21-14-22)10-4-5-15-6-8-16(20)9-7-15;5-3(6)1-2-4(7)8/h2*6-9,11-12,14H,4-5,10,13H2,1-3H3;1-2H,(H,5,6)(H,7,8)/p-2/b;;2-1+. The summed E-state index contributed by atoms with van der Waals surface area (Å²) in [6.45, 7) is 13.2. The molecule has 2 fully saturated rings. The molecular weight excluding hydrogens is 787 g/mol. The van der Waals surface area contributed by atoms with Crippen LogP contribution < -0.4 is 10.2 Å². The van der Waals surface area contributed by atoms with Gasteiger partial charge in [-0.3, -0.25) is 18.9 Å². The maximum Gasteiger partial charge on any atom is 0.332 e. The minimum Gasteiger partial charge on any atom is -0.545 e. The topological polar surface area (TPSA) is 175 Å². The van der Waals surface area contributed by atoms with Crippen LogP contribution in [0.4, 0.5) is 9.59 Å².